The van der Waals surface area contributed by atoms with Gasteiger partial charge in [-0.15, -0.1) is 0 Å². The molecule has 3 heteroatoms. The summed E-state index contributed by atoms with van der Waals surface area (Å²) in [4.78, 5) is 2.39. The number of piperidine rings is 1. The number of aliphatic hydroxyl groups excluding tert-OH is 1. The maximum atomic E-state index is 13.6. The van der Waals surface area contributed by atoms with Crippen molar-refractivity contribution in [3.05, 3.63) is 71.5 Å². The Bertz CT molecular complexity index is 671. The summed E-state index contributed by atoms with van der Waals surface area (Å²) in [5, 5.41) is 10.9. The van der Waals surface area contributed by atoms with Gasteiger partial charge in [-0.05, 0) is 56.4 Å². The van der Waals surface area contributed by atoms with E-state index in [1.54, 1.807) is 6.07 Å². The van der Waals surface area contributed by atoms with Crippen LogP contribution in [-0.4, -0.2) is 21.6 Å². The van der Waals surface area contributed by atoms with E-state index >= 15 is 0 Å². The average Bonchev–Trinajstić information content (AvgIpc) is 2.57. The second-order valence-corrected chi connectivity index (χ2v) is 7.39. The lowest BCUT2D eigenvalue weighted by Crippen LogP contribution is -2.54. The fraction of sp³-hybridized carbons (Fsp3) is 0.429. The Morgan fingerprint density at radius 3 is 2.62 bits per heavy atom. The molecule has 0 radical (unpaired) electrons. The van der Waals surface area contributed by atoms with Crippen molar-refractivity contribution in [3.8, 4) is 0 Å². The van der Waals surface area contributed by atoms with E-state index < -0.39 is 6.10 Å². The standard InChI is InChI=1S/C21H26FNO/c1-21(2)13-7-12-19(20(24)17-10-6-11-18(22)14-17)23(21)15-16-8-4-3-5-9-16/h3-6,8-11,14,19-20,24H,7,12-13,15H2,1-2H3/t19-,20-/m1/s1. The molecule has 1 aliphatic rings. The smallest absolute Gasteiger partial charge is 0.123 e. The molecule has 1 heterocycles. The van der Waals surface area contributed by atoms with Gasteiger partial charge in [-0.1, -0.05) is 42.5 Å². The minimum Gasteiger partial charge on any atom is -0.387 e. The van der Waals surface area contributed by atoms with Gasteiger partial charge in [0, 0.05) is 18.1 Å². The van der Waals surface area contributed by atoms with E-state index in [0.717, 1.165) is 25.8 Å². The number of nitrogens with zero attached hydrogens (tertiary/aromatic N) is 1. The van der Waals surface area contributed by atoms with Crippen molar-refractivity contribution < 1.29 is 9.50 Å². The molecule has 128 valence electrons. The third-order valence-electron chi connectivity index (χ3n) is 5.22. The van der Waals surface area contributed by atoms with Crippen LogP contribution in [0, 0.1) is 5.82 Å². The van der Waals surface area contributed by atoms with Crippen LogP contribution in [0.25, 0.3) is 0 Å². The highest BCUT2D eigenvalue weighted by molar-refractivity contribution is 5.22. The molecular weight excluding hydrogens is 301 g/mol. The molecule has 2 nitrogen and oxygen atoms in total. The van der Waals surface area contributed by atoms with Gasteiger partial charge in [-0.25, -0.2) is 4.39 Å². The molecule has 2 atom stereocenters. The fourth-order valence-electron chi connectivity index (χ4n) is 3.84. The molecule has 24 heavy (non-hydrogen) atoms. The van der Waals surface area contributed by atoms with Gasteiger partial charge < -0.3 is 5.11 Å². The van der Waals surface area contributed by atoms with Crippen LogP contribution >= 0.6 is 0 Å². The van der Waals surface area contributed by atoms with Crippen molar-refractivity contribution in [2.45, 2.75) is 57.3 Å². The molecule has 0 unspecified atom stereocenters. The fourth-order valence-corrected chi connectivity index (χ4v) is 3.84. The lowest BCUT2D eigenvalue weighted by molar-refractivity contribution is -0.0474. The molecule has 0 aromatic heterocycles. The van der Waals surface area contributed by atoms with Crippen molar-refractivity contribution >= 4 is 0 Å². The third-order valence-corrected chi connectivity index (χ3v) is 5.22. The number of aliphatic hydroxyl groups is 1. The second-order valence-electron chi connectivity index (χ2n) is 7.39. The van der Waals surface area contributed by atoms with Crippen molar-refractivity contribution in [2.24, 2.45) is 0 Å². The monoisotopic (exact) mass is 327 g/mol. The van der Waals surface area contributed by atoms with Crippen molar-refractivity contribution in [2.75, 3.05) is 0 Å². The molecule has 2 aromatic carbocycles. The molecule has 0 saturated carbocycles. The van der Waals surface area contributed by atoms with Gasteiger partial charge in [0.05, 0.1) is 6.10 Å². The van der Waals surface area contributed by atoms with Gasteiger partial charge in [0.25, 0.3) is 0 Å². The van der Waals surface area contributed by atoms with E-state index in [2.05, 4.69) is 30.9 Å². The zero-order valence-corrected chi connectivity index (χ0v) is 14.5. The normalized spacial score (nSPS) is 22.2. The molecule has 1 aliphatic heterocycles. The first kappa shape index (κ1) is 17.1. The first-order valence-electron chi connectivity index (χ1n) is 8.71. The van der Waals surface area contributed by atoms with E-state index in [-0.39, 0.29) is 17.4 Å². The lowest BCUT2D eigenvalue weighted by Gasteiger charge is -2.49. The summed E-state index contributed by atoms with van der Waals surface area (Å²) < 4.78 is 13.6. The summed E-state index contributed by atoms with van der Waals surface area (Å²) in [6.45, 7) is 5.27. The predicted molar refractivity (Wildman–Crippen MR) is 95.1 cm³/mol. The lowest BCUT2D eigenvalue weighted by atomic mass is 9.82. The van der Waals surface area contributed by atoms with Gasteiger partial charge in [-0.2, -0.15) is 0 Å². The van der Waals surface area contributed by atoms with Crippen LogP contribution in [0.1, 0.15) is 50.3 Å². The molecule has 3 rings (SSSR count). The van der Waals surface area contributed by atoms with Crippen molar-refractivity contribution in [3.63, 3.8) is 0 Å². The largest absolute Gasteiger partial charge is 0.387 e. The Morgan fingerprint density at radius 1 is 1.17 bits per heavy atom. The predicted octanol–water partition coefficient (Wildman–Crippen LogP) is 4.69. The molecule has 1 N–H and O–H groups in total. The maximum Gasteiger partial charge on any atom is 0.123 e. The summed E-state index contributed by atoms with van der Waals surface area (Å²) in [5.74, 6) is -0.295. The van der Waals surface area contributed by atoms with Crippen LogP contribution < -0.4 is 0 Å². The minimum atomic E-state index is -0.677. The summed E-state index contributed by atoms with van der Waals surface area (Å²) in [5.41, 5.74) is 1.91. The van der Waals surface area contributed by atoms with Gasteiger partial charge >= 0.3 is 0 Å². The number of rotatable bonds is 4. The Morgan fingerprint density at radius 2 is 1.92 bits per heavy atom. The van der Waals surface area contributed by atoms with E-state index in [9.17, 15) is 9.50 Å². The Kier molecular flexibility index (Phi) is 5.02. The van der Waals surface area contributed by atoms with Gasteiger partial charge in [0.15, 0.2) is 0 Å². The van der Waals surface area contributed by atoms with E-state index in [4.69, 9.17) is 0 Å². The molecule has 0 aliphatic carbocycles. The number of benzene rings is 2. The molecule has 0 spiro atoms. The SMILES string of the molecule is CC1(C)CCC[C@H]([C@H](O)c2cccc(F)c2)N1Cc1ccccc1. The number of halogens is 1. The molecule has 0 amide bonds. The van der Waals surface area contributed by atoms with E-state index in [1.165, 1.54) is 17.7 Å². The van der Waals surface area contributed by atoms with Crippen LogP contribution in [0.3, 0.4) is 0 Å². The number of hydrogen-bond donors (Lipinski definition) is 1. The third kappa shape index (κ3) is 3.68. The minimum absolute atomic E-state index is 0.00393. The molecule has 0 bridgehead atoms. The topological polar surface area (TPSA) is 23.5 Å². The Balaban J connectivity index is 1.88. The van der Waals surface area contributed by atoms with Crippen LogP contribution in [0.15, 0.2) is 54.6 Å². The quantitative estimate of drug-likeness (QED) is 0.880. The summed E-state index contributed by atoms with van der Waals surface area (Å²) in [6.07, 6.45) is 2.43. The summed E-state index contributed by atoms with van der Waals surface area (Å²) in [6, 6.07) is 16.7. The van der Waals surface area contributed by atoms with Crippen LogP contribution in [0.5, 0.6) is 0 Å². The van der Waals surface area contributed by atoms with Gasteiger partial charge in [0.2, 0.25) is 0 Å². The van der Waals surface area contributed by atoms with Crippen molar-refractivity contribution in [1.82, 2.24) is 4.90 Å². The van der Waals surface area contributed by atoms with Gasteiger partial charge in [-0.3, -0.25) is 4.90 Å². The summed E-state index contributed by atoms with van der Waals surface area (Å²) in [7, 11) is 0. The average molecular weight is 327 g/mol. The maximum absolute atomic E-state index is 13.6. The number of likely N-dealkylation sites (tertiary alicyclic amines) is 1. The highest BCUT2D eigenvalue weighted by Gasteiger charge is 2.39. The zero-order valence-electron chi connectivity index (χ0n) is 14.5. The van der Waals surface area contributed by atoms with E-state index in [1.807, 2.05) is 24.3 Å². The van der Waals surface area contributed by atoms with Gasteiger partial charge in [0.1, 0.15) is 5.82 Å². The molecule has 1 fully saturated rings. The zero-order chi connectivity index (χ0) is 17.2. The first-order chi connectivity index (χ1) is 11.5. The van der Waals surface area contributed by atoms with Crippen LogP contribution in [0.4, 0.5) is 4.39 Å². The van der Waals surface area contributed by atoms with Crippen LogP contribution in [0.2, 0.25) is 0 Å². The highest BCUT2D eigenvalue weighted by atomic mass is 19.1. The molecule has 2 aromatic rings. The molecular formula is C21H26FNO. The highest BCUT2D eigenvalue weighted by Crippen LogP contribution is 2.38. The molecule has 1 saturated heterocycles. The first-order valence-corrected chi connectivity index (χ1v) is 8.71. The second kappa shape index (κ2) is 7.04. The van der Waals surface area contributed by atoms with Crippen LogP contribution in [-0.2, 0) is 6.54 Å². The Labute approximate surface area is 143 Å². The van der Waals surface area contributed by atoms with E-state index in [0.29, 0.717) is 5.56 Å². The Hall–Kier alpha value is -1.71. The van der Waals surface area contributed by atoms with Crippen molar-refractivity contribution in [1.29, 1.82) is 0 Å². The summed E-state index contributed by atoms with van der Waals surface area (Å²) >= 11 is 0. The number of hydrogen-bond acceptors (Lipinski definition) is 2.